The summed E-state index contributed by atoms with van der Waals surface area (Å²) in [4.78, 5) is 0. The van der Waals surface area contributed by atoms with E-state index < -0.39 is 10.1 Å². The Morgan fingerprint density at radius 1 is 1.15 bits per heavy atom. The van der Waals surface area contributed by atoms with Gasteiger partial charge in [0.05, 0.1) is 5.75 Å². The summed E-state index contributed by atoms with van der Waals surface area (Å²) in [7, 11) is -3.72. The molecule has 0 aliphatic rings. The van der Waals surface area contributed by atoms with Crippen molar-refractivity contribution in [1.82, 2.24) is 0 Å². The minimum absolute atomic E-state index is 0.00463. The van der Waals surface area contributed by atoms with Gasteiger partial charge in [0.2, 0.25) is 0 Å². The van der Waals surface area contributed by atoms with Crippen LogP contribution in [0.25, 0.3) is 0 Å². The van der Waals surface area contributed by atoms with Crippen molar-refractivity contribution in [3.05, 3.63) is 0 Å². The van der Waals surface area contributed by atoms with Gasteiger partial charge in [0.15, 0.2) is 0 Å². The molecule has 0 fully saturated rings. The van der Waals surface area contributed by atoms with Crippen molar-refractivity contribution in [3.8, 4) is 0 Å². The highest BCUT2D eigenvalue weighted by Crippen LogP contribution is 1.95. The van der Waals surface area contributed by atoms with Gasteiger partial charge in [0, 0.05) is 0 Å². The summed E-state index contributed by atoms with van der Waals surface area (Å²) in [6.45, 7) is 8.46. The van der Waals surface area contributed by atoms with Crippen LogP contribution in [-0.2, 0) is 10.1 Å². The summed E-state index contributed by atoms with van der Waals surface area (Å²) in [5.41, 5.74) is 5.17. The molecular formula is C8H21NO3S. The normalized spacial score (nSPS) is 11.4. The highest BCUT2D eigenvalue weighted by atomic mass is 32.2. The third-order valence-electron chi connectivity index (χ3n) is 1.02. The Labute approximate surface area is 81.3 Å². The average molecular weight is 211 g/mol. The molecule has 0 aromatic rings. The van der Waals surface area contributed by atoms with Crippen LogP contribution in [-0.4, -0.2) is 25.3 Å². The van der Waals surface area contributed by atoms with Crippen molar-refractivity contribution < 1.29 is 13.0 Å². The Morgan fingerprint density at radius 3 is 1.46 bits per heavy atom. The molecule has 82 valence electrons. The van der Waals surface area contributed by atoms with E-state index in [1.165, 1.54) is 0 Å². The molecule has 3 N–H and O–H groups in total. The predicted molar refractivity (Wildman–Crippen MR) is 55.1 cm³/mol. The van der Waals surface area contributed by atoms with Crippen LogP contribution in [0.4, 0.5) is 0 Å². The van der Waals surface area contributed by atoms with E-state index >= 15 is 0 Å². The first kappa shape index (κ1) is 15.3. The Kier molecular flexibility index (Phi) is 8.61. The van der Waals surface area contributed by atoms with Crippen LogP contribution >= 0.6 is 0 Å². The van der Waals surface area contributed by atoms with Crippen LogP contribution < -0.4 is 5.73 Å². The van der Waals surface area contributed by atoms with Gasteiger partial charge < -0.3 is 5.73 Å². The van der Waals surface area contributed by atoms with E-state index in [9.17, 15) is 8.42 Å². The average Bonchev–Trinajstić information content (AvgIpc) is 1.83. The van der Waals surface area contributed by atoms with Crippen molar-refractivity contribution in [2.24, 2.45) is 17.6 Å². The smallest absolute Gasteiger partial charge is 0.265 e. The predicted octanol–water partition coefficient (Wildman–Crippen LogP) is 1.13. The van der Waals surface area contributed by atoms with E-state index in [4.69, 9.17) is 10.3 Å². The summed E-state index contributed by atoms with van der Waals surface area (Å²) in [5, 5.41) is 0. The van der Waals surface area contributed by atoms with Crippen molar-refractivity contribution in [3.63, 3.8) is 0 Å². The van der Waals surface area contributed by atoms with Crippen LogP contribution in [0.5, 0.6) is 0 Å². The molecule has 0 bridgehead atoms. The third kappa shape index (κ3) is 24.5. The zero-order valence-corrected chi connectivity index (χ0v) is 9.63. The maximum absolute atomic E-state index is 10.00. The highest BCUT2D eigenvalue weighted by molar-refractivity contribution is 7.85. The summed E-state index contributed by atoms with van der Waals surface area (Å²) < 4.78 is 28.2. The molecule has 0 aromatic heterocycles. The molecule has 0 spiro atoms. The van der Waals surface area contributed by atoms with Gasteiger partial charge in [-0.25, -0.2) is 0 Å². The van der Waals surface area contributed by atoms with Crippen molar-refractivity contribution in [1.29, 1.82) is 0 Å². The lowest BCUT2D eigenvalue weighted by atomic mass is 10.2. The van der Waals surface area contributed by atoms with Gasteiger partial charge in [-0.05, 0) is 18.4 Å². The quantitative estimate of drug-likeness (QED) is 0.686. The van der Waals surface area contributed by atoms with E-state index in [1.54, 1.807) is 13.8 Å². The van der Waals surface area contributed by atoms with E-state index in [-0.39, 0.29) is 11.7 Å². The lowest BCUT2D eigenvalue weighted by molar-refractivity contribution is 0.473. The SMILES string of the molecule is CC(C)CN.CC(C)CS(=O)(=O)O. The second-order valence-electron chi connectivity index (χ2n) is 3.77. The number of hydrogen-bond acceptors (Lipinski definition) is 3. The van der Waals surface area contributed by atoms with Gasteiger partial charge in [0.1, 0.15) is 0 Å². The Bertz CT molecular complexity index is 197. The molecule has 0 radical (unpaired) electrons. The first-order valence-corrected chi connectivity index (χ1v) is 5.95. The highest BCUT2D eigenvalue weighted by Gasteiger charge is 2.05. The van der Waals surface area contributed by atoms with Crippen molar-refractivity contribution >= 4 is 10.1 Å². The van der Waals surface area contributed by atoms with Crippen LogP contribution in [0.1, 0.15) is 27.7 Å². The maximum Gasteiger partial charge on any atom is 0.265 e. The fourth-order valence-corrected chi connectivity index (χ4v) is 1.26. The number of rotatable bonds is 3. The summed E-state index contributed by atoms with van der Waals surface area (Å²) >= 11 is 0. The first-order chi connectivity index (χ1) is 5.69. The Balaban J connectivity index is 0. The monoisotopic (exact) mass is 211 g/mol. The fourth-order valence-electron chi connectivity index (χ4n) is 0.421. The van der Waals surface area contributed by atoms with E-state index in [2.05, 4.69) is 13.8 Å². The Hall–Kier alpha value is -0.130. The van der Waals surface area contributed by atoms with Gasteiger partial charge in [-0.2, -0.15) is 8.42 Å². The molecule has 0 heterocycles. The molecule has 0 saturated carbocycles. The Morgan fingerprint density at radius 2 is 1.46 bits per heavy atom. The van der Waals surface area contributed by atoms with Crippen LogP contribution in [0, 0.1) is 11.8 Å². The molecule has 0 aliphatic heterocycles. The van der Waals surface area contributed by atoms with Gasteiger partial charge in [-0.15, -0.1) is 0 Å². The third-order valence-corrected chi connectivity index (χ3v) is 2.10. The van der Waals surface area contributed by atoms with E-state index in [0.29, 0.717) is 5.92 Å². The zero-order chi connectivity index (χ0) is 11.1. The van der Waals surface area contributed by atoms with Crippen molar-refractivity contribution in [2.45, 2.75) is 27.7 Å². The molecule has 0 aliphatic carbocycles. The lowest BCUT2D eigenvalue weighted by Gasteiger charge is -1.97. The minimum Gasteiger partial charge on any atom is -0.330 e. The summed E-state index contributed by atoms with van der Waals surface area (Å²) in [5.74, 6) is 0.521. The molecule has 5 heteroatoms. The zero-order valence-electron chi connectivity index (χ0n) is 8.82. The van der Waals surface area contributed by atoms with Crippen LogP contribution in [0.2, 0.25) is 0 Å². The van der Waals surface area contributed by atoms with E-state index in [0.717, 1.165) is 6.54 Å². The molecule has 0 rings (SSSR count). The maximum atomic E-state index is 10.00. The second kappa shape index (κ2) is 7.29. The van der Waals surface area contributed by atoms with Gasteiger partial charge in [-0.3, -0.25) is 4.55 Å². The number of hydrogen-bond donors (Lipinski definition) is 2. The minimum atomic E-state index is -3.72. The molecule has 0 saturated heterocycles. The fraction of sp³-hybridized carbons (Fsp3) is 1.00. The van der Waals surface area contributed by atoms with Crippen LogP contribution in [0.15, 0.2) is 0 Å². The molecule has 4 nitrogen and oxygen atoms in total. The summed E-state index contributed by atoms with van der Waals surface area (Å²) in [6, 6.07) is 0. The topological polar surface area (TPSA) is 80.4 Å². The largest absolute Gasteiger partial charge is 0.330 e. The van der Waals surface area contributed by atoms with Crippen molar-refractivity contribution in [2.75, 3.05) is 12.3 Å². The molecule has 0 unspecified atom stereocenters. The number of nitrogens with two attached hydrogens (primary N) is 1. The second-order valence-corrected chi connectivity index (χ2v) is 5.27. The molecule has 13 heavy (non-hydrogen) atoms. The molecule has 0 aromatic carbocycles. The van der Waals surface area contributed by atoms with Crippen LogP contribution in [0.3, 0.4) is 0 Å². The summed E-state index contributed by atoms with van der Waals surface area (Å²) in [6.07, 6.45) is 0. The van der Waals surface area contributed by atoms with Gasteiger partial charge in [-0.1, -0.05) is 27.7 Å². The lowest BCUT2D eigenvalue weighted by Crippen LogP contribution is -2.09. The van der Waals surface area contributed by atoms with Gasteiger partial charge >= 0.3 is 0 Å². The first-order valence-electron chi connectivity index (χ1n) is 4.34. The van der Waals surface area contributed by atoms with E-state index in [1.807, 2.05) is 0 Å². The standard InChI is InChI=1S/C4H11N.C4H10O3S/c1-4(2)3-5;1-4(2)3-8(5,6)7/h4H,3,5H2,1-2H3;4H,3H2,1-2H3,(H,5,6,7). The molecular weight excluding hydrogens is 190 g/mol. The molecule has 0 amide bonds. The molecule has 0 atom stereocenters. The van der Waals surface area contributed by atoms with Gasteiger partial charge in [0.25, 0.3) is 10.1 Å².